The lowest BCUT2D eigenvalue weighted by atomic mass is 10.1. The highest BCUT2D eigenvalue weighted by Crippen LogP contribution is 2.53. The molecule has 396 valence electrons. The van der Waals surface area contributed by atoms with Crippen LogP contribution in [0.25, 0.3) is 0 Å². The van der Waals surface area contributed by atoms with Gasteiger partial charge in [-0.3, -0.25) is 29.2 Å². The van der Waals surface area contributed by atoms with Crippen LogP contribution in [0.1, 0.15) is 96.9 Å². The summed E-state index contributed by atoms with van der Waals surface area (Å²) < 4.78 is 54.2. The molecule has 3 N–H and O–H groups in total. The lowest BCUT2D eigenvalue weighted by Gasteiger charge is -2.27. The predicted molar refractivity (Wildman–Crippen MR) is 251 cm³/mol. The van der Waals surface area contributed by atoms with E-state index in [1.54, 1.807) is 96.9 Å². The molecule has 3 heterocycles. The maximum Gasteiger partial charge on any atom is 0.408 e. The quantitative estimate of drug-likeness (QED) is 0.0464. The highest BCUT2D eigenvalue weighted by Gasteiger charge is 2.51. The van der Waals surface area contributed by atoms with Gasteiger partial charge in [0.15, 0.2) is 11.4 Å². The van der Waals surface area contributed by atoms with E-state index in [1.807, 2.05) is 0 Å². The molecular weight excluding hydrogens is 967 g/mol. The van der Waals surface area contributed by atoms with E-state index in [0.29, 0.717) is 0 Å². The first-order chi connectivity index (χ1) is 32.0. The Morgan fingerprint density at radius 2 is 1.20 bits per heavy atom. The SMILES string of the molecule is C=CCOC(=O)C(CN1C[C@H](NC(=O)OC(C)(C)C)C(=O)N1)P(=O)(OCC)OCC.C=CCOC(=O)C1=C(C(=O)OC(C)(C)C)N2C(=O)[C@@H](NC(=O)OC(C)(C)C)CN2C1.CC(C)(C)OC(=O)C(=O)Cl. The normalized spacial score (nSPS) is 17.8. The molecule has 3 aliphatic rings. The van der Waals surface area contributed by atoms with E-state index < -0.39 is 101 Å². The van der Waals surface area contributed by atoms with Crippen LogP contribution in [0.2, 0.25) is 0 Å². The van der Waals surface area contributed by atoms with Crippen LogP contribution in [-0.4, -0.2) is 161 Å². The van der Waals surface area contributed by atoms with E-state index in [9.17, 15) is 47.7 Å². The van der Waals surface area contributed by atoms with Gasteiger partial charge in [0, 0.05) is 19.6 Å². The first-order valence-corrected chi connectivity index (χ1v) is 24.0. The van der Waals surface area contributed by atoms with Gasteiger partial charge in [0.05, 0.1) is 25.3 Å². The molecule has 2 saturated heterocycles. The third-order valence-electron chi connectivity index (χ3n) is 8.13. The van der Waals surface area contributed by atoms with Crippen LogP contribution in [0.3, 0.4) is 0 Å². The Morgan fingerprint density at radius 1 is 0.729 bits per heavy atom. The van der Waals surface area contributed by atoms with Crippen molar-refractivity contribution in [1.29, 1.82) is 0 Å². The summed E-state index contributed by atoms with van der Waals surface area (Å²) in [6, 6.07) is -1.86. The van der Waals surface area contributed by atoms with Crippen molar-refractivity contribution >= 4 is 72.3 Å². The van der Waals surface area contributed by atoms with Gasteiger partial charge >= 0.3 is 48.9 Å². The molecule has 0 saturated carbocycles. The zero-order chi connectivity index (χ0) is 54.2. The van der Waals surface area contributed by atoms with Crippen molar-refractivity contribution in [1.82, 2.24) is 31.1 Å². The lowest BCUT2D eigenvalue weighted by molar-refractivity contribution is -0.159. The highest BCUT2D eigenvalue weighted by molar-refractivity contribution is 7.55. The number of carbonyl (C=O) groups is 9. The first kappa shape index (κ1) is 62.6. The minimum Gasteiger partial charge on any atom is -0.461 e. The van der Waals surface area contributed by atoms with Gasteiger partial charge in [-0.15, -0.1) is 0 Å². The summed E-state index contributed by atoms with van der Waals surface area (Å²) >= 11 is 4.82. The van der Waals surface area contributed by atoms with Crippen LogP contribution in [-0.2, 0) is 75.6 Å². The number of carbonyl (C=O) groups excluding carboxylic acids is 9. The van der Waals surface area contributed by atoms with Crippen LogP contribution in [0, 0.1) is 0 Å². The Balaban J connectivity index is 0.000000586. The number of hydrogen-bond acceptors (Lipinski definition) is 20. The first-order valence-electron chi connectivity index (χ1n) is 22.0. The molecule has 3 aliphatic heterocycles. The molecule has 0 aromatic heterocycles. The van der Waals surface area contributed by atoms with Crippen molar-refractivity contribution in [2.45, 2.75) is 137 Å². The van der Waals surface area contributed by atoms with Gasteiger partial charge in [-0.25, -0.2) is 39.0 Å². The number of halogens is 1. The zero-order valence-electron chi connectivity index (χ0n) is 42.5. The number of amides is 4. The van der Waals surface area contributed by atoms with Crippen LogP contribution >= 0.6 is 19.2 Å². The van der Waals surface area contributed by atoms with Crippen LogP contribution in [0.5, 0.6) is 0 Å². The van der Waals surface area contributed by atoms with E-state index in [2.05, 4.69) is 34.0 Å². The van der Waals surface area contributed by atoms with Crippen molar-refractivity contribution in [2.24, 2.45) is 0 Å². The summed E-state index contributed by atoms with van der Waals surface area (Å²) in [4.78, 5) is 108. The van der Waals surface area contributed by atoms with Gasteiger partial charge in [0.2, 0.25) is 0 Å². The monoisotopic (exact) mass is 1040 g/mol. The van der Waals surface area contributed by atoms with E-state index in [1.165, 1.54) is 22.2 Å². The largest absolute Gasteiger partial charge is 0.461 e. The Labute approximate surface area is 413 Å². The summed E-state index contributed by atoms with van der Waals surface area (Å²) in [6.45, 7) is 30.2. The van der Waals surface area contributed by atoms with E-state index in [4.69, 9.17) is 44.3 Å². The number of hydrazine groups is 2. The number of fused-ring (bicyclic) bond motifs is 1. The fourth-order valence-electron chi connectivity index (χ4n) is 5.81. The maximum atomic E-state index is 13.2. The molecule has 0 aliphatic carbocycles. The van der Waals surface area contributed by atoms with Gasteiger partial charge in [-0.2, -0.15) is 0 Å². The number of hydrogen-bond donors (Lipinski definition) is 3. The molecule has 0 bridgehead atoms. The van der Waals surface area contributed by atoms with Gasteiger partial charge in [-0.1, -0.05) is 25.3 Å². The predicted octanol–water partition coefficient (Wildman–Crippen LogP) is 3.96. The number of alkyl carbamates (subject to hydrolysis) is 2. The van der Waals surface area contributed by atoms with Crippen molar-refractivity contribution in [3.63, 3.8) is 0 Å². The Kier molecular flexibility index (Phi) is 23.9. The van der Waals surface area contributed by atoms with E-state index in [-0.39, 0.29) is 63.9 Å². The molecular formula is C44H70ClN6O18P. The van der Waals surface area contributed by atoms with Crippen LogP contribution in [0.4, 0.5) is 9.59 Å². The molecule has 24 nitrogen and oxygen atoms in total. The topological polar surface area (TPSA) is 290 Å². The standard InChI is InChI=1S/C20H29N3O7.C18H32N3O8P.C6H9ClO3/c1-8-9-28-16(25)12-10-22-11-13(21-18(27)30-20(5,6)7)15(24)23(22)14(12)17(26)29-19(2,3)4;1-7-10-26-16(23)14(30(25,27-8-2)28-9-3)12-21-11-13(15(22)20-21)19-17(24)29-18(4,5)6;1-6(2,3)10-5(9)4(7)8/h8,13H,1,9-11H2,2-7H3,(H,21,27);7,13-14H,1,8-12H2,2-6H3,(H,19,24)(H,20,22);1-3H3/t13-;13-,14?;/m00./s1. The summed E-state index contributed by atoms with van der Waals surface area (Å²) in [5.41, 5.74) is -1.92. The van der Waals surface area contributed by atoms with E-state index in [0.717, 1.165) is 5.01 Å². The second kappa shape index (κ2) is 26.7. The van der Waals surface area contributed by atoms with Crippen LogP contribution in [0.15, 0.2) is 36.6 Å². The van der Waals surface area contributed by atoms with Crippen molar-refractivity contribution in [3.05, 3.63) is 36.6 Å². The maximum absolute atomic E-state index is 13.2. The Hall–Kier alpha value is -5.39. The van der Waals surface area contributed by atoms with Gasteiger partial charge in [0.25, 0.3) is 11.8 Å². The van der Waals surface area contributed by atoms with Gasteiger partial charge in [-0.05, 0) is 109 Å². The second-order valence-corrected chi connectivity index (χ2v) is 21.6. The smallest absolute Gasteiger partial charge is 0.408 e. The number of esters is 4. The summed E-state index contributed by atoms with van der Waals surface area (Å²) in [6.07, 6.45) is 1.27. The fraction of sp³-hybridized carbons (Fsp3) is 0.659. The molecule has 3 atom stereocenters. The minimum atomic E-state index is -3.89. The third-order valence-corrected chi connectivity index (χ3v) is 10.7. The van der Waals surface area contributed by atoms with Crippen molar-refractivity contribution in [2.75, 3.05) is 52.6 Å². The minimum absolute atomic E-state index is 0.00941. The van der Waals surface area contributed by atoms with Gasteiger partial charge in [0.1, 0.15) is 47.7 Å². The highest BCUT2D eigenvalue weighted by atomic mass is 35.5. The molecule has 26 heteroatoms. The average molecular weight is 1040 g/mol. The molecule has 2 fully saturated rings. The number of ether oxygens (including phenoxy) is 6. The molecule has 1 unspecified atom stereocenters. The Morgan fingerprint density at radius 3 is 1.63 bits per heavy atom. The zero-order valence-corrected chi connectivity index (χ0v) is 44.1. The number of nitrogens with one attached hydrogen (secondary N) is 3. The fourth-order valence-corrected chi connectivity index (χ4v) is 7.74. The van der Waals surface area contributed by atoms with Crippen molar-refractivity contribution < 1.29 is 85.2 Å². The summed E-state index contributed by atoms with van der Waals surface area (Å²) in [7, 11) is -3.89. The number of rotatable bonds is 17. The van der Waals surface area contributed by atoms with Gasteiger partial charge < -0.3 is 48.1 Å². The van der Waals surface area contributed by atoms with E-state index >= 15 is 0 Å². The molecule has 70 heavy (non-hydrogen) atoms. The molecule has 0 spiro atoms. The molecule has 0 aromatic carbocycles. The third kappa shape index (κ3) is 21.7. The second-order valence-electron chi connectivity index (χ2n) is 19.1. The molecule has 0 aromatic rings. The Bertz CT molecular complexity index is 2030. The summed E-state index contributed by atoms with van der Waals surface area (Å²) in [5.74, 6) is -4.46. The average Bonchev–Trinajstić information content (AvgIpc) is 3.83. The molecule has 4 amide bonds. The van der Waals surface area contributed by atoms with Crippen LogP contribution < -0.4 is 16.1 Å². The number of nitrogens with zero attached hydrogens (tertiary/aromatic N) is 3. The lowest BCUT2D eigenvalue weighted by Crippen LogP contribution is -2.45. The molecule has 3 rings (SSSR count). The molecule has 0 radical (unpaired) electrons. The van der Waals surface area contributed by atoms with Crippen molar-refractivity contribution in [3.8, 4) is 0 Å². The summed E-state index contributed by atoms with van der Waals surface area (Å²) in [5, 5.41) is 7.79.